The van der Waals surface area contributed by atoms with Gasteiger partial charge in [0.1, 0.15) is 54.4 Å². The number of aliphatic hydroxyl groups is 1. The maximum Gasteiger partial charge on any atom is 0.250 e. The summed E-state index contributed by atoms with van der Waals surface area (Å²) in [6.07, 6.45) is -0.970. The van der Waals surface area contributed by atoms with Crippen molar-refractivity contribution in [2.24, 2.45) is 17.8 Å². The summed E-state index contributed by atoms with van der Waals surface area (Å²) >= 11 is 8.45. The number of hydrogen-bond acceptors (Lipinski definition) is 15. The Morgan fingerprint density at radius 1 is 0.532 bits per heavy atom. The third kappa shape index (κ3) is 24.0. The molecule has 0 spiro atoms. The number of benzene rings is 3. The molecule has 1 aliphatic rings. The molecule has 25 heteroatoms. The Labute approximate surface area is 565 Å². The molecule has 1 aliphatic heterocycles. The molecule has 0 aliphatic carbocycles. The minimum atomic E-state index is -1.57. The van der Waals surface area contributed by atoms with Crippen LogP contribution in [-0.2, 0) is 76.8 Å². The average Bonchev–Trinajstić information content (AvgIpc) is 0.882. The Morgan fingerprint density at radius 2 is 1.05 bits per heavy atom. The summed E-state index contributed by atoms with van der Waals surface area (Å²) in [4.78, 5) is 177. The van der Waals surface area contributed by atoms with Gasteiger partial charge in [-0.3, -0.25) is 57.5 Å². The van der Waals surface area contributed by atoms with Gasteiger partial charge in [0.25, 0.3) is 0 Å². The number of carbonyl (C=O) groups excluding carboxylic acids is 12. The number of nitrogens with one attached hydrogen (secondary N) is 6. The average molecular weight is 1340 g/mol. The fraction of sp³-hybridized carbons (Fsp3) is 0.565. The number of likely N-dealkylation sites (N-methyl/N-ethyl adjacent to an activating group) is 4. The number of hydrogen-bond donors (Lipinski definition) is 9. The predicted molar refractivity (Wildman–Crippen MR) is 365 cm³/mol. The van der Waals surface area contributed by atoms with Gasteiger partial charge >= 0.3 is 0 Å². The monoisotopic (exact) mass is 1340 g/mol. The predicted octanol–water partition coefficient (Wildman–Crippen LogP) is 3.43. The molecule has 10 amide bonds. The Hall–Kier alpha value is -7.64. The first kappa shape index (κ1) is 78.8. The zero-order chi connectivity index (χ0) is 70.1. The second-order valence-electron chi connectivity index (χ2n) is 25.6. The van der Waals surface area contributed by atoms with E-state index in [1.165, 1.54) is 68.6 Å². The fourth-order valence-corrected chi connectivity index (χ4v) is 11.5. The van der Waals surface area contributed by atoms with E-state index in [0.29, 0.717) is 23.1 Å². The van der Waals surface area contributed by atoms with Crippen molar-refractivity contribution in [3.05, 3.63) is 108 Å². The van der Waals surface area contributed by atoms with Crippen LogP contribution < -0.4 is 31.9 Å². The largest absolute Gasteiger partial charge is 0.382 e. The van der Waals surface area contributed by atoms with Crippen LogP contribution in [-0.4, -0.2) is 202 Å². The number of nitrogens with zero attached hydrogens (tertiary/aromatic N) is 4. The molecule has 23 nitrogen and oxygen atoms in total. The number of Topliss-reactive ketones (excluding diaryl/α,β-unsaturated/α-hetero) is 2. The van der Waals surface area contributed by atoms with E-state index in [2.05, 4.69) is 57.2 Å². The van der Waals surface area contributed by atoms with Gasteiger partial charge in [0.15, 0.2) is 11.6 Å². The van der Waals surface area contributed by atoms with Crippen LogP contribution in [0.1, 0.15) is 123 Å². The first-order valence-electron chi connectivity index (χ1n) is 32.4. The number of ketones is 2. The van der Waals surface area contributed by atoms with Crippen molar-refractivity contribution < 1.29 is 62.6 Å². The summed E-state index contributed by atoms with van der Waals surface area (Å²) in [6.45, 7) is 13.3. The van der Waals surface area contributed by atoms with E-state index in [1.54, 1.807) is 97.9 Å². The second kappa shape index (κ2) is 38.7. The molecule has 1 fully saturated rings. The molecule has 0 bridgehead atoms. The van der Waals surface area contributed by atoms with Gasteiger partial charge in [-0.25, -0.2) is 0 Å². The number of amides is 10. The molecule has 0 radical (unpaired) electrons. The number of carbonyl (C=O) groups is 12. The summed E-state index contributed by atoms with van der Waals surface area (Å²) in [7, 11) is 5.70. The van der Waals surface area contributed by atoms with Crippen molar-refractivity contribution in [1.82, 2.24) is 51.5 Å². The second-order valence-corrected chi connectivity index (χ2v) is 26.3. The molecule has 94 heavy (non-hydrogen) atoms. The van der Waals surface area contributed by atoms with E-state index in [-0.39, 0.29) is 93.3 Å². The molecule has 1 unspecified atom stereocenters. The van der Waals surface area contributed by atoms with E-state index >= 15 is 0 Å². The molecule has 1 saturated heterocycles. The summed E-state index contributed by atoms with van der Waals surface area (Å²) in [5.74, 6) is -9.67. The van der Waals surface area contributed by atoms with Crippen molar-refractivity contribution in [2.45, 2.75) is 193 Å². The van der Waals surface area contributed by atoms with Crippen LogP contribution in [0.25, 0.3) is 0 Å². The quantitative estimate of drug-likeness (QED) is 0.0931. The van der Waals surface area contributed by atoms with Crippen LogP contribution in [0.4, 0.5) is 0 Å². The Bertz CT molecular complexity index is 3050. The van der Waals surface area contributed by atoms with Crippen LogP contribution in [0.5, 0.6) is 0 Å². The van der Waals surface area contributed by atoms with Crippen molar-refractivity contribution in [2.75, 3.05) is 39.7 Å². The van der Waals surface area contributed by atoms with Gasteiger partial charge in [-0.15, -0.1) is 0 Å². The van der Waals surface area contributed by atoms with E-state index < -0.39 is 137 Å². The summed E-state index contributed by atoms with van der Waals surface area (Å²) in [5.41, 5.74) is 2.00. The molecule has 1 heterocycles. The minimum absolute atomic E-state index is 0.0122. The lowest BCUT2D eigenvalue weighted by atomic mass is 9.92. The maximum atomic E-state index is 14.8. The van der Waals surface area contributed by atoms with E-state index in [0.717, 1.165) is 0 Å². The van der Waals surface area contributed by atoms with Gasteiger partial charge in [-0.1, -0.05) is 138 Å². The molecule has 0 saturated carbocycles. The van der Waals surface area contributed by atoms with E-state index in [9.17, 15) is 62.6 Å². The Balaban J connectivity index is 1.79. The van der Waals surface area contributed by atoms with Gasteiger partial charge in [0, 0.05) is 77.7 Å². The van der Waals surface area contributed by atoms with E-state index in [4.69, 9.17) is 0 Å². The Morgan fingerprint density at radius 3 is 1.61 bits per heavy atom. The van der Waals surface area contributed by atoms with Crippen molar-refractivity contribution in [1.29, 1.82) is 0 Å². The van der Waals surface area contributed by atoms with Gasteiger partial charge < -0.3 is 56.6 Å². The van der Waals surface area contributed by atoms with Crippen LogP contribution in [0.2, 0.25) is 0 Å². The molecule has 4 rings (SSSR count). The highest BCUT2D eigenvalue weighted by molar-refractivity contribution is 7.80. The third-order valence-corrected chi connectivity index (χ3v) is 17.8. The third-order valence-electron chi connectivity index (χ3n) is 17.1. The molecule has 12 atom stereocenters. The smallest absolute Gasteiger partial charge is 0.250 e. The molecular formula is C69H100N10O13S2. The lowest BCUT2D eigenvalue weighted by Gasteiger charge is -2.36. The van der Waals surface area contributed by atoms with Crippen molar-refractivity contribution in [3.8, 4) is 0 Å². The normalized spacial score (nSPS) is 24.8. The minimum Gasteiger partial charge on any atom is -0.382 e. The Kier molecular flexibility index (Phi) is 32.4. The topological polar surface area (TPSA) is 310 Å². The van der Waals surface area contributed by atoms with Gasteiger partial charge in [-0.05, 0) is 75.0 Å². The van der Waals surface area contributed by atoms with Gasteiger partial charge in [0.2, 0.25) is 59.1 Å². The molecule has 3 aromatic rings. The van der Waals surface area contributed by atoms with Crippen LogP contribution in [0.15, 0.2) is 91.0 Å². The lowest BCUT2D eigenvalue weighted by molar-refractivity contribution is -0.150. The van der Waals surface area contributed by atoms with Crippen LogP contribution >= 0.6 is 25.3 Å². The number of aliphatic hydroxyl groups excluding tert-OH is 1. The van der Waals surface area contributed by atoms with E-state index in [1.807, 2.05) is 27.7 Å². The zero-order valence-corrected chi connectivity index (χ0v) is 58.3. The fourth-order valence-electron chi connectivity index (χ4n) is 11.0. The summed E-state index contributed by atoms with van der Waals surface area (Å²) in [6, 6.07) is 14.3. The van der Waals surface area contributed by atoms with Crippen molar-refractivity contribution in [3.63, 3.8) is 0 Å². The highest BCUT2D eigenvalue weighted by Gasteiger charge is 2.40. The maximum absolute atomic E-state index is 14.8. The molecule has 3 aromatic carbocycles. The van der Waals surface area contributed by atoms with Gasteiger partial charge in [-0.2, -0.15) is 25.3 Å². The first-order valence-corrected chi connectivity index (χ1v) is 33.6. The molecule has 7 N–H and O–H groups in total. The first-order chi connectivity index (χ1) is 44.4. The van der Waals surface area contributed by atoms with Gasteiger partial charge in [0.05, 0.1) is 12.1 Å². The summed E-state index contributed by atoms with van der Waals surface area (Å²) in [5, 5.41) is 26.7. The zero-order valence-electron chi connectivity index (χ0n) is 56.5. The lowest BCUT2D eigenvalue weighted by Crippen LogP contribution is -2.59. The van der Waals surface area contributed by atoms with Crippen LogP contribution in [0.3, 0.4) is 0 Å². The number of rotatable bonds is 16. The van der Waals surface area contributed by atoms with Crippen LogP contribution in [0, 0.1) is 17.8 Å². The molecular weight excluding hydrogens is 1240 g/mol. The molecule has 516 valence electrons. The number of thiol groups is 2. The standard InChI is InChI=1S/C69H100N10O13S2/c1-41(2)33-53-68(91)77(10)46(8)67(90)78(11)55(34-42(3)4)58(81)35-43(5)66(89)79(12)56(38-49-29-21-15-22-30-49)69(92)76(9)45(7)61(84)70-44(6)60(83)72-51(36-47-25-17-13-18-26-47)64(87)75-54(39-93)57(80)32-24-16-23-31-50(62(85)74-53)71-63(86)52(73-65(88)59(82)40-94)37-48-27-19-14-20-28-48/h13-15,17-22,25-30,41-46,50-56,59,82,93-94H,16,23-24,31-40H2,1-12H3,(H,70,84)(H,71,86)(H,72,83)(H,73,88)(H,74,85)(H,75,87)/t43-,44+,45+,46+,50-,51+,52+,53+,54+,55+,56+,59?/m1/s1. The molecule has 0 aromatic heterocycles. The highest BCUT2D eigenvalue weighted by atomic mass is 32.1. The highest BCUT2D eigenvalue weighted by Crippen LogP contribution is 2.23. The summed E-state index contributed by atoms with van der Waals surface area (Å²) < 4.78 is 0. The SMILES string of the molecule is CC(C)C[C@@H]1NC(=O)[C@H](NC(=O)[C@H](Cc2ccccc2)NC(=O)C(O)CS)CCCCCC(=O)[C@H](CS)NC(=O)[C@H](Cc2ccccc2)NC(=O)[C@H](C)NC(=O)[C@H](C)N(C)C(=O)[C@H](Cc2ccccc2)N(C)C(=O)[C@H](C)CC(=O)[C@H](CC(C)C)N(C)C(=O)[C@H](C)N(C)C1=O. The van der Waals surface area contributed by atoms with Crippen molar-refractivity contribution >= 4 is 95.9 Å².